The van der Waals surface area contributed by atoms with Crippen LogP contribution in [0.5, 0.6) is 0 Å². The summed E-state index contributed by atoms with van der Waals surface area (Å²) >= 11 is 0. The average Bonchev–Trinajstić information content (AvgIpc) is 2.82. The molecule has 1 N–H and O–H groups in total. The molecule has 0 heterocycles. The van der Waals surface area contributed by atoms with E-state index in [0.717, 1.165) is 31.2 Å². The van der Waals surface area contributed by atoms with Crippen LogP contribution >= 0.6 is 0 Å². The number of rotatable bonds is 3. The minimum absolute atomic E-state index is 0.00120. The third kappa shape index (κ3) is 2.26. The van der Waals surface area contributed by atoms with Crippen LogP contribution in [-0.2, 0) is 4.79 Å². The number of ketones is 1. The van der Waals surface area contributed by atoms with Crippen LogP contribution in [0.1, 0.15) is 37.4 Å². The molecule has 0 aliphatic heterocycles. The van der Waals surface area contributed by atoms with Crippen LogP contribution in [0, 0.1) is 5.92 Å². The van der Waals surface area contributed by atoms with Gasteiger partial charge in [-0.1, -0.05) is 43.2 Å². The zero-order chi connectivity index (χ0) is 10.7. The lowest BCUT2D eigenvalue weighted by Gasteiger charge is -2.14. The molecule has 80 valence electrons. The van der Waals surface area contributed by atoms with E-state index in [0.29, 0.717) is 0 Å². The Labute approximate surface area is 89.9 Å². The zero-order valence-corrected chi connectivity index (χ0v) is 8.73. The number of aliphatic hydroxyl groups is 1. The number of benzene rings is 1. The monoisotopic (exact) mass is 204 g/mol. The normalized spacial score (nSPS) is 19.0. The molecule has 15 heavy (non-hydrogen) atoms. The maximum absolute atomic E-state index is 11.9. The highest BCUT2D eigenvalue weighted by Crippen LogP contribution is 2.30. The Kier molecular flexibility index (Phi) is 3.17. The largest absolute Gasteiger partial charge is 0.381 e. The lowest BCUT2D eigenvalue weighted by atomic mass is 9.94. The van der Waals surface area contributed by atoms with Crippen LogP contribution in [0.3, 0.4) is 0 Å². The first-order chi connectivity index (χ1) is 7.29. The van der Waals surface area contributed by atoms with Crippen LogP contribution in [0.25, 0.3) is 0 Å². The van der Waals surface area contributed by atoms with Gasteiger partial charge in [0.15, 0.2) is 5.78 Å². The Morgan fingerprint density at radius 3 is 2.40 bits per heavy atom. The molecule has 2 rings (SSSR count). The van der Waals surface area contributed by atoms with Gasteiger partial charge in [-0.05, 0) is 18.4 Å². The highest BCUT2D eigenvalue weighted by molar-refractivity contribution is 5.86. The van der Waals surface area contributed by atoms with Crippen LogP contribution in [-0.4, -0.2) is 10.9 Å². The van der Waals surface area contributed by atoms with Crippen molar-refractivity contribution in [2.45, 2.75) is 31.8 Å². The first kappa shape index (κ1) is 10.4. The molecule has 2 nitrogen and oxygen atoms in total. The van der Waals surface area contributed by atoms with Gasteiger partial charge in [0.05, 0.1) is 0 Å². The van der Waals surface area contributed by atoms with Gasteiger partial charge in [-0.2, -0.15) is 0 Å². The quantitative estimate of drug-likeness (QED) is 0.821. The molecule has 0 aromatic heterocycles. The van der Waals surface area contributed by atoms with Crippen molar-refractivity contribution < 1.29 is 9.90 Å². The Morgan fingerprint density at radius 2 is 1.80 bits per heavy atom. The lowest BCUT2D eigenvalue weighted by molar-refractivity contribution is -0.131. The molecule has 1 saturated carbocycles. The van der Waals surface area contributed by atoms with Crippen molar-refractivity contribution in [1.82, 2.24) is 0 Å². The van der Waals surface area contributed by atoms with Crippen molar-refractivity contribution in [2.24, 2.45) is 5.92 Å². The van der Waals surface area contributed by atoms with Crippen molar-refractivity contribution in [3.8, 4) is 0 Å². The second-order valence-corrected chi connectivity index (χ2v) is 4.20. The van der Waals surface area contributed by atoms with Gasteiger partial charge in [0.25, 0.3) is 0 Å². The summed E-state index contributed by atoms with van der Waals surface area (Å²) in [4.78, 5) is 11.9. The molecule has 0 spiro atoms. The minimum atomic E-state index is -0.922. The third-order valence-electron chi connectivity index (χ3n) is 3.14. The smallest absolute Gasteiger partial charge is 0.168 e. The fourth-order valence-electron chi connectivity index (χ4n) is 2.23. The Bertz CT molecular complexity index is 326. The minimum Gasteiger partial charge on any atom is -0.381 e. The first-order valence-electron chi connectivity index (χ1n) is 5.56. The summed E-state index contributed by atoms with van der Waals surface area (Å²) in [6.45, 7) is 0. The molecule has 1 atom stereocenters. The molecule has 1 aromatic rings. The third-order valence-corrected chi connectivity index (χ3v) is 3.14. The molecular weight excluding hydrogens is 188 g/mol. The summed E-state index contributed by atoms with van der Waals surface area (Å²) in [5.41, 5.74) is 0.717. The fraction of sp³-hybridized carbons (Fsp3) is 0.462. The number of carbonyl (C=O) groups excluding carboxylic acids is 1. The number of Topliss-reactive ketones (excluding diaryl/α,β-unsaturated/α-hetero) is 1. The number of carbonyl (C=O) groups is 1. The highest BCUT2D eigenvalue weighted by atomic mass is 16.3. The number of hydrogen-bond acceptors (Lipinski definition) is 2. The summed E-state index contributed by atoms with van der Waals surface area (Å²) in [6, 6.07) is 9.19. The zero-order valence-electron chi connectivity index (χ0n) is 8.73. The molecule has 0 amide bonds. The van der Waals surface area contributed by atoms with Crippen molar-refractivity contribution in [2.75, 3.05) is 0 Å². The molecule has 1 aliphatic rings. The van der Waals surface area contributed by atoms with E-state index in [-0.39, 0.29) is 11.7 Å². The summed E-state index contributed by atoms with van der Waals surface area (Å²) in [5, 5.41) is 9.90. The molecular formula is C13H16O2. The van der Waals surface area contributed by atoms with E-state index in [2.05, 4.69) is 0 Å². The predicted octanol–water partition coefficient (Wildman–Crippen LogP) is 2.48. The van der Waals surface area contributed by atoms with Gasteiger partial charge in [0, 0.05) is 5.92 Å². The second kappa shape index (κ2) is 4.58. The first-order valence-corrected chi connectivity index (χ1v) is 5.56. The average molecular weight is 204 g/mol. The molecule has 1 fully saturated rings. The molecule has 1 aliphatic carbocycles. The Morgan fingerprint density at radius 1 is 1.20 bits per heavy atom. The maximum Gasteiger partial charge on any atom is 0.168 e. The molecule has 0 radical (unpaired) electrons. The van der Waals surface area contributed by atoms with Crippen molar-refractivity contribution in [3.05, 3.63) is 35.9 Å². The van der Waals surface area contributed by atoms with Gasteiger partial charge >= 0.3 is 0 Å². The van der Waals surface area contributed by atoms with E-state index in [1.807, 2.05) is 18.2 Å². The van der Waals surface area contributed by atoms with Gasteiger partial charge in [-0.15, -0.1) is 0 Å². The van der Waals surface area contributed by atoms with Crippen LogP contribution < -0.4 is 0 Å². The molecule has 1 aromatic carbocycles. The van der Waals surface area contributed by atoms with Gasteiger partial charge in [0.2, 0.25) is 0 Å². The summed E-state index contributed by atoms with van der Waals surface area (Å²) in [5.74, 6) is 0.0823. The van der Waals surface area contributed by atoms with E-state index in [4.69, 9.17) is 0 Å². The summed E-state index contributed by atoms with van der Waals surface area (Å²) in [7, 11) is 0. The number of hydrogen-bond donors (Lipinski definition) is 1. The van der Waals surface area contributed by atoms with Crippen LogP contribution in [0.15, 0.2) is 30.3 Å². The van der Waals surface area contributed by atoms with E-state index < -0.39 is 6.10 Å². The summed E-state index contributed by atoms with van der Waals surface area (Å²) in [6.07, 6.45) is 3.22. The highest BCUT2D eigenvalue weighted by Gasteiger charge is 2.28. The van der Waals surface area contributed by atoms with E-state index in [1.54, 1.807) is 12.1 Å². The Balaban J connectivity index is 2.07. The molecule has 2 heteroatoms. The van der Waals surface area contributed by atoms with Gasteiger partial charge in [-0.3, -0.25) is 4.79 Å². The van der Waals surface area contributed by atoms with E-state index >= 15 is 0 Å². The summed E-state index contributed by atoms with van der Waals surface area (Å²) < 4.78 is 0. The Hall–Kier alpha value is -1.15. The van der Waals surface area contributed by atoms with Crippen LogP contribution in [0.2, 0.25) is 0 Å². The van der Waals surface area contributed by atoms with Crippen molar-refractivity contribution >= 4 is 5.78 Å². The number of aliphatic hydroxyl groups excluding tert-OH is 1. The fourth-order valence-corrected chi connectivity index (χ4v) is 2.23. The molecule has 0 bridgehead atoms. The SMILES string of the molecule is O=C(C1CCCC1)C(O)c1ccccc1. The predicted molar refractivity (Wildman–Crippen MR) is 58.4 cm³/mol. The van der Waals surface area contributed by atoms with E-state index in [9.17, 15) is 9.90 Å². The van der Waals surface area contributed by atoms with Crippen molar-refractivity contribution in [1.29, 1.82) is 0 Å². The standard InChI is InChI=1S/C13H16O2/c14-12(10-6-2-1-3-7-10)13(15)11-8-4-5-9-11/h1-3,6-7,11-12,14H,4-5,8-9H2. The lowest BCUT2D eigenvalue weighted by Crippen LogP contribution is -2.19. The van der Waals surface area contributed by atoms with Gasteiger partial charge < -0.3 is 5.11 Å². The molecule has 1 unspecified atom stereocenters. The van der Waals surface area contributed by atoms with E-state index in [1.165, 1.54) is 0 Å². The molecule has 0 saturated heterocycles. The van der Waals surface area contributed by atoms with Crippen molar-refractivity contribution in [3.63, 3.8) is 0 Å². The van der Waals surface area contributed by atoms with Gasteiger partial charge in [0.1, 0.15) is 6.10 Å². The topological polar surface area (TPSA) is 37.3 Å². The van der Waals surface area contributed by atoms with Gasteiger partial charge in [-0.25, -0.2) is 0 Å². The maximum atomic E-state index is 11.9. The van der Waals surface area contributed by atoms with Crippen LogP contribution in [0.4, 0.5) is 0 Å². The second-order valence-electron chi connectivity index (χ2n) is 4.20.